The Hall–Kier alpha value is -0.960. The number of nitrogens with zero attached hydrogens (tertiary/aromatic N) is 2. The normalized spacial score (nSPS) is 24.1. The van der Waals surface area contributed by atoms with Gasteiger partial charge in [-0.2, -0.15) is 0 Å². The second kappa shape index (κ2) is 6.83. The van der Waals surface area contributed by atoms with Crippen molar-refractivity contribution >= 4 is 0 Å². The van der Waals surface area contributed by atoms with Crippen LogP contribution in [0.15, 0.2) is 12.4 Å². The van der Waals surface area contributed by atoms with Gasteiger partial charge in [0.05, 0.1) is 0 Å². The highest BCUT2D eigenvalue weighted by Gasteiger charge is 2.22. The van der Waals surface area contributed by atoms with Crippen molar-refractivity contribution in [2.75, 3.05) is 6.54 Å². The van der Waals surface area contributed by atoms with Gasteiger partial charge in [-0.1, -0.05) is 26.7 Å². The van der Waals surface area contributed by atoms with Gasteiger partial charge in [-0.25, -0.2) is 9.97 Å². The second-order valence-electron chi connectivity index (χ2n) is 5.59. The fourth-order valence-corrected chi connectivity index (χ4v) is 2.74. The first-order valence-corrected chi connectivity index (χ1v) is 7.31. The van der Waals surface area contributed by atoms with E-state index in [1.807, 2.05) is 12.4 Å². The minimum atomic E-state index is 0.589. The third-order valence-electron chi connectivity index (χ3n) is 3.78. The number of nitrogens with one attached hydrogen (secondary N) is 1. The molecule has 0 aliphatic heterocycles. The van der Waals surface area contributed by atoms with Crippen LogP contribution >= 0.6 is 0 Å². The molecular weight excluding hydrogens is 222 g/mol. The van der Waals surface area contributed by atoms with E-state index in [9.17, 15) is 0 Å². The summed E-state index contributed by atoms with van der Waals surface area (Å²) in [6, 6.07) is 0. The zero-order valence-corrected chi connectivity index (χ0v) is 11.7. The molecule has 18 heavy (non-hydrogen) atoms. The lowest BCUT2D eigenvalue weighted by molar-refractivity contribution is 0.335. The van der Waals surface area contributed by atoms with E-state index in [0.29, 0.717) is 5.92 Å². The molecule has 3 heteroatoms. The third kappa shape index (κ3) is 3.77. The van der Waals surface area contributed by atoms with Crippen molar-refractivity contribution in [1.29, 1.82) is 0 Å². The molecule has 1 aromatic rings. The molecule has 1 aromatic heterocycles. The molecule has 3 nitrogen and oxygen atoms in total. The topological polar surface area (TPSA) is 37.8 Å². The van der Waals surface area contributed by atoms with Crippen LogP contribution in [0.2, 0.25) is 0 Å². The second-order valence-corrected chi connectivity index (χ2v) is 5.59. The van der Waals surface area contributed by atoms with Gasteiger partial charge in [0.25, 0.3) is 0 Å². The van der Waals surface area contributed by atoms with E-state index in [1.54, 1.807) is 0 Å². The Balaban J connectivity index is 1.90. The predicted octanol–water partition coefficient (Wildman–Crippen LogP) is 3.27. The minimum Gasteiger partial charge on any atom is -0.313 e. The van der Waals surface area contributed by atoms with Crippen LogP contribution in [0.5, 0.6) is 0 Å². The molecule has 1 fully saturated rings. The fraction of sp³-hybridized carbons (Fsp3) is 0.733. The molecule has 0 bridgehead atoms. The maximum absolute atomic E-state index is 4.56. The Morgan fingerprint density at radius 1 is 1.28 bits per heavy atom. The van der Waals surface area contributed by atoms with Gasteiger partial charge in [0.1, 0.15) is 5.82 Å². The largest absolute Gasteiger partial charge is 0.313 e. The van der Waals surface area contributed by atoms with Crippen molar-refractivity contribution in [3.05, 3.63) is 23.8 Å². The van der Waals surface area contributed by atoms with E-state index < -0.39 is 0 Å². The van der Waals surface area contributed by atoms with Gasteiger partial charge in [0.2, 0.25) is 0 Å². The van der Waals surface area contributed by atoms with Crippen molar-refractivity contribution in [1.82, 2.24) is 15.3 Å². The quantitative estimate of drug-likeness (QED) is 0.811. The van der Waals surface area contributed by atoms with Crippen LogP contribution in [-0.2, 0) is 6.54 Å². The van der Waals surface area contributed by atoms with Crippen LogP contribution in [-0.4, -0.2) is 16.5 Å². The van der Waals surface area contributed by atoms with Crippen LogP contribution in [0.1, 0.15) is 63.3 Å². The van der Waals surface area contributed by atoms with Gasteiger partial charge in [-0.05, 0) is 31.7 Å². The summed E-state index contributed by atoms with van der Waals surface area (Å²) in [6.45, 7) is 6.46. The smallest absolute Gasteiger partial charge is 0.131 e. The lowest BCUT2D eigenvalue weighted by Gasteiger charge is -2.25. The van der Waals surface area contributed by atoms with Crippen molar-refractivity contribution in [2.24, 2.45) is 5.92 Å². The lowest BCUT2D eigenvalue weighted by Crippen LogP contribution is -2.16. The number of hydrogen-bond acceptors (Lipinski definition) is 3. The van der Waals surface area contributed by atoms with Crippen LogP contribution in [0.3, 0.4) is 0 Å². The first-order chi connectivity index (χ1) is 8.79. The zero-order chi connectivity index (χ0) is 12.8. The molecule has 0 amide bonds. The fourth-order valence-electron chi connectivity index (χ4n) is 2.74. The molecule has 2 unspecified atom stereocenters. The standard InChI is InChI=1S/C15H25N3/c1-3-7-16-9-13-10-17-15(18-11-13)14-6-4-5-12(2)8-14/h10-12,14,16H,3-9H2,1-2H3. The van der Waals surface area contributed by atoms with Crippen molar-refractivity contribution in [3.8, 4) is 0 Å². The van der Waals surface area contributed by atoms with E-state index in [1.165, 1.54) is 37.7 Å². The minimum absolute atomic E-state index is 0.589. The lowest BCUT2D eigenvalue weighted by atomic mass is 9.82. The summed E-state index contributed by atoms with van der Waals surface area (Å²) in [5, 5.41) is 3.38. The number of aromatic nitrogens is 2. The maximum Gasteiger partial charge on any atom is 0.131 e. The highest BCUT2D eigenvalue weighted by Crippen LogP contribution is 2.33. The van der Waals surface area contributed by atoms with Crippen molar-refractivity contribution in [3.63, 3.8) is 0 Å². The van der Waals surface area contributed by atoms with E-state index in [2.05, 4.69) is 29.1 Å². The highest BCUT2D eigenvalue weighted by molar-refractivity contribution is 5.08. The molecule has 0 radical (unpaired) electrons. The third-order valence-corrected chi connectivity index (χ3v) is 3.78. The number of hydrogen-bond donors (Lipinski definition) is 1. The van der Waals surface area contributed by atoms with Gasteiger partial charge in [0, 0.05) is 30.4 Å². The summed E-state index contributed by atoms with van der Waals surface area (Å²) in [5.41, 5.74) is 1.19. The Bertz CT molecular complexity index is 347. The summed E-state index contributed by atoms with van der Waals surface area (Å²) >= 11 is 0. The molecule has 0 spiro atoms. The van der Waals surface area contributed by atoms with E-state index in [4.69, 9.17) is 0 Å². The molecule has 100 valence electrons. The highest BCUT2D eigenvalue weighted by atomic mass is 14.9. The van der Waals surface area contributed by atoms with E-state index in [-0.39, 0.29) is 0 Å². The Morgan fingerprint density at radius 3 is 2.72 bits per heavy atom. The van der Waals surface area contributed by atoms with E-state index in [0.717, 1.165) is 24.8 Å². The SMILES string of the molecule is CCCNCc1cnc(C2CCCC(C)C2)nc1. The van der Waals surface area contributed by atoms with Crippen molar-refractivity contribution in [2.45, 2.75) is 58.4 Å². The molecular formula is C15H25N3. The van der Waals surface area contributed by atoms with Crippen LogP contribution in [0.4, 0.5) is 0 Å². The molecule has 1 aliphatic rings. The Morgan fingerprint density at radius 2 is 2.06 bits per heavy atom. The average molecular weight is 247 g/mol. The van der Waals surface area contributed by atoms with Gasteiger partial charge in [-0.15, -0.1) is 0 Å². The van der Waals surface area contributed by atoms with Crippen molar-refractivity contribution < 1.29 is 0 Å². The maximum atomic E-state index is 4.56. The van der Waals surface area contributed by atoms with Crippen LogP contribution < -0.4 is 5.32 Å². The zero-order valence-electron chi connectivity index (χ0n) is 11.7. The summed E-state index contributed by atoms with van der Waals surface area (Å²) in [6.07, 6.45) is 10.4. The summed E-state index contributed by atoms with van der Waals surface area (Å²) in [7, 11) is 0. The summed E-state index contributed by atoms with van der Waals surface area (Å²) in [4.78, 5) is 9.13. The molecule has 1 heterocycles. The van der Waals surface area contributed by atoms with Gasteiger partial charge in [0.15, 0.2) is 0 Å². The van der Waals surface area contributed by atoms with Crippen LogP contribution in [0.25, 0.3) is 0 Å². The molecule has 0 aromatic carbocycles. The first kappa shape index (κ1) is 13.5. The first-order valence-electron chi connectivity index (χ1n) is 7.31. The molecule has 2 rings (SSSR count). The van der Waals surface area contributed by atoms with Gasteiger partial charge >= 0.3 is 0 Å². The van der Waals surface area contributed by atoms with Gasteiger partial charge in [-0.3, -0.25) is 0 Å². The summed E-state index contributed by atoms with van der Waals surface area (Å²) < 4.78 is 0. The molecule has 0 saturated heterocycles. The van der Waals surface area contributed by atoms with Gasteiger partial charge < -0.3 is 5.32 Å². The van der Waals surface area contributed by atoms with E-state index >= 15 is 0 Å². The summed E-state index contributed by atoms with van der Waals surface area (Å²) in [5.74, 6) is 2.48. The van der Waals surface area contributed by atoms with Crippen LogP contribution in [0, 0.1) is 5.92 Å². The Kier molecular flexibility index (Phi) is 5.12. The predicted molar refractivity (Wildman–Crippen MR) is 74.4 cm³/mol. The molecule has 2 atom stereocenters. The molecule has 1 saturated carbocycles. The average Bonchev–Trinajstić information content (AvgIpc) is 2.40. The molecule has 1 N–H and O–H groups in total. The Labute approximate surface area is 110 Å². The molecule has 1 aliphatic carbocycles. The number of rotatable bonds is 5. The monoisotopic (exact) mass is 247 g/mol.